The van der Waals surface area contributed by atoms with E-state index in [1.807, 2.05) is 6.07 Å². The summed E-state index contributed by atoms with van der Waals surface area (Å²) < 4.78 is 18.6. The number of aliphatic imine (C=N–C) groups is 1. The molecule has 1 aromatic carbocycles. The number of hydrogen-bond acceptors (Lipinski definition) is 3. The first kappa shape index (κ1) is 18.7. The minimum Gasteiger partial charge on any atom is -0.439 e. The van der Waals surface area contributed by atoms with Crippen LogP contribution in [0.5, 0.6) is 11.6 Å². The third kappa shape index (κ3) is 7.20. The van der Waals surface area contributed by atoms with Crippen molar-refractivity contribution in [3.05, 3.63) is 54.0 Å². The maximum absolute atomic E-state index is 13.1. The van der Waals surface area contributed by atoms with Crippen LogP contribution in [0.15, 0.2) is 47.6 Å². The van der Waals surface area contributed by atoms with Gasteiger partial charge in [-0.05, 0) is 24.1 Å². The molecule has 0 amide bonds. The zero-order chi connectivity index (χ0) is 17.9. The lowest BCUT2D eigenvalue weighted by atomic mass is 10.2. The summed E-state index contributed by atoms with van der Waals surface area (Å²) in [6.45, 7) is 3.47. The Kier molecular flexibility index (Phi) is 7.69. The summed E-state index contributed by atoms with van der Waals surface area (Å²) in [6.07, 6.45) is 6.43. The molecule has 1 heterocycles. The van der Waals surface area contributed by atoms with Gasteiger partial charge in [-0.2, -0.15) is 0 Å². The Bertz CT molecular complexity index is 673. The van der Waals surface area contributed by atoms with Gasteiger partial charge in [0.15, 0.2) is 5.96 Å². The Morgan fingerprint density at radius 2 is 2.12 bits per heavy atom. The number of pyridine rings is 1. The van der Waals surface area contributed by atoms with Crippen molar-refractivity contribution < 1.29 is 9.13 Å². The van der Waals surface area contributed by atoms with Gasteiger partial charge in [0.1, 0.15) is 11.6 Å². The van der Waals surface area contributed by atoms with E-state index in [1.54, 1.807) is 24.4 Å². The lowest BCUT2D eigenvalue weighted by molar-refractivity contribution is 0.457. The highest BCUT2D eigenvalue weighted by atomic mass is 19.1. The molecule has 0 aliphatic heterocycles. The average molecular weight is 344 g/mol. The Labute approximate surface area is 148 Å². The second kappa shape index (κ2) is 10.3. The number of nitrogens with two attached hydrogens (primary N) is 1. The summed E-state index contributed by atoms with van der Waals surface area (Å²) in [6, 6.07) is 9.53. The number of benzene rings is 1. The number of halogens is 1. The van der Waals surface area contributed by atoms with E-state index in [9.17, 15) is 4.39 Å². The summed E-state index contributed by atoms with van der Waals surface area (Å²) in [5, 5.41) is 3.11. The minimum atomic E-state index is -0.346. The largest absolute Gasteiger partial charge is 0.439 e. The molecule has 0 bridgehead atoms. The lowest BCUT2D eigenvalue weighted by Crippen LogP contribution is -2.32. The van der Waals surface area contributed by atoms with Gasteiger partial charge in [0.2, 0.25) is 5.88 Å². The van der Waals surface area contributed by atoms with E-state index in [0.29, 0.717) is 24.1 Å². The molecule has 0 fully saturated rings. The van der Waals surface area contributed by atoms with Crippen molar-refractivity contribution in [3.63, 3.8) is 0 Å². The van der Waals surface area contributed by atoms with E-state index in [2.05, 4.69) is 22.2 Å². The van der Waals surface area contributed by atoms with Crippen molar-refractivity contribution in [2.75, 3.05) is 6.54 Å². The molecule has 0 unspecified atom stereocenters. The molecule has 0 aliphatic carbocycles. The van der Waals surface area contributed by atoms with Crippen molar-refractivity contribution in [2.45, 2.75) is 39.2 Å². The van der Waals surface area contributed by atoms with Crippen LogP contribution in [0.4, 0.5) is 4.39 Å². The van der Waals surface area contributed by atoms with Crippen LogP contribution >= 0.6 is 0 Å². The van der Waals surface area contributed by atoms with Crippen LogP contribution in [0, 0.1) is 5.82 Å². The number of unbranched alkanes of at least 4 members (excludes halogenated alkanes) is 3. The van der Waals surface area contributed by atoms with Gasteiger partial charge in [-0.25, -0.2) is 14.4 Å². The van der Waals surface area contributed by atoms with Gasteiger partial charge >= 0.3 is 0 Å². The maximum Gasteiger partial charge on any atom is 0.219 e. The molecule has 0 aliphatic rings. The van der Waals surface area contributed by atoms with Crippen LogP contribution < -0.4 is 15.8 Å². The van der Waals surface area contributed by atoms with Crippen molar-refractivity contribution in [1.29, 1.82) is 0 Å². The molecule has 1 aromatic heterocycles. The van der Waals surface area contributed by atoms with Crippen molar-refractivity contribution >= 4 is 5.96 Å². The van der Waals surface area contributed by atoms with Crippen LogP contribution in [-0.2, 0) is 6.54 Å². The van der Waals surface area contributed by atoms with Gasteiger partial charge in [0, 0.05) is 24.9 Å². The Hall–Kier alpha value is -2.63. The topological polar surface area (TPSA) is 72.5 Å². The number of rotatable bonds is 9. The second-order valence-corrected chi connectivity index (χ2v) is 5.75. The summed E-state index contributed by atoms with van der Waals surface area (Å²) in [4.78, 5) is 8.49. The number of nitrogens with one attached hydrogen (secondary N) is 1. The van der Waals surface area contributed by atoms with E-state index >= 15 is 0 Å². The highest BCUT2D eigenvalue weighted by Crippen LogP contribution is 2.20. The molecular weight excluding hydrogens is 319 g/mol. The molecule has 0 atom stereocenters. The van der Waals surface area contributed by atoms with Gasteiger partial charge in [-0.3, -0.25) is 0 Å². The van der Waals surface area contributed by atoms with E-state index in [1.165, 1.54) is 31.4 Å². The third-order valence-corrected chi connectivity index (χ3v) is 3.58. The van der Waals surface area contributed by atoms with Crippen molar-refractivity contribution in [3.8, 4) is 11.6 Å². The van der Waals surface area contributed by atoms with Crippen LogP contribution in [0.2, 0.25) is 0 Å². The molecule has 0 radical (unpaired) electrons. The number of hydrogen-bond donors (Lipinski definition) is 2. The van der Waals surface area contributed by atoms with Crippen molar-refractivity contribution in [1.82, 2.24) is 10.3 Å². The molecule has 25 heavy (non-hydrogen) atoms. The Balaban J connectivity index is 1.78. The molecule has 2 aromatic rings. The van der Waals surface area contributed by atoms with Crippen LogP contribution in [0.25, 0.3) is 0 Å². The number of aromatic nitrogens is 1. The molecule has 3 N–H and O–H groups in total. The van der Waals surface area contributed by atoms with Crippen LogP contribution in [-0.4, -0.2) is 17.5 Å². The van der Waals surface area contributed by atoms with E-state index in [0.717, 1.165) is 18.5 Å². The fourth-order valence-electron chi connectivity index (χ4n) is 2.22. The Morgan fingerprint density at radius 1 is 1.24 bits per heavy atom. The molecule has 6 heteroatoms. The van der Waals surface area contributed by atoms with Gasteiger partial charge in [-0.15, -0.1) is 0 Å². The first-order valence-electron chi connectivity index (χ1n) is 8.59. The number of nitrogens with zero attached hydrogens (tertiary/aromatic N) is 2. The summed E-state index contributed by atoms with van der Waals surface area (Å²) in [5.41, 5.74) is 6.76. The first-order valence-corrected chi connectivity index (χ1v) is 8.59. The van der Waals surface area contributed by atoms with Crippen LogP contribution in [0.1, 0.15) is 38.2 Å². The van der Waals surface area contributed by atoms with E-state index in [4.69, 9.17) is 10.5 Å². The van der Waals surface area contributed by atoms with E-state index in [-0.39, 0.29) is 5.82 Å². The third-order valence-electron chi connectivity index (χ3n) is 3.58. The van der Waals surface area contributed by atoms with Gasteiger partial charge < -0.3 is 15.8 Å². The Morgan fingerprint density at radius 3 is 2.84 bits per heavy atom. The molecule has 5 nitrogen and oxygen atoms in total. The summed E-state index contributed by atoms with van der Waals surface area (Å²) in [7, 11) is 0. The van der Waals surface area contributed by atoms with Gasteiger partial charge in [-0.1, -0.05) is 38.3 Å². The number of ether oxygens (including phenoxy) is 1. The zero-order valence-electron chi connectivity index (χ0n) is 14.5. The minimum absolute atomic E-state index is 0.346. The van der Waals surface area contributed by atoms with Gasteiger partial charge in [0.25, 0.3) is 0 Å². The summed E-state index contributed by atoms with van der Waals surface area (Å²) in [5.74, 6) is 0.910. The summed E-state index contributed by atoms with van der Waals surface area (Å²) >= 11 is 0. The van der Waals surface area contributed by atoms with E-state index < -0.39 is 0 Å². The first-order chi connectivity index (χ1) is 12.2. The highest BCUT2D eigenvalue weighted by Gasteiger charge is 2.01. The SMILES string of the molecule is CCCCCCNC(N)=NCc1ccc(Oc2cccc(F)c2)nc1. The average Bonchev–Trinajstić information content (AvgIpc) is 2.61. The van der Waals surface area contributed by atoms with Crippen molar-refractivity contribution in [2.24, 2.45) is 10.7 Å². The predicted octanol–water partition coefficient (Wildman–Crippen LogP) is 4.00. The quantitative estimate of drug-likeness (QED) is 0.410. The zero-order valence-corrected chi connectivity index (χ0v) is 14.5. The standard InChI is InChI=1S/C19H25FN4O/c1-2-3-4-5-11-22-19(21)24-14-15-9-10-18(23-13-15)25-17-8-6-7-16(20)12-17/h6-10,12-13H,2-5,11,14H2,1H3,(H3,21,22,24). The second-order valence-electron chi connectivity index (χ2n) is 5.75. The molecule has 134 valence electrons. The normalized spacial score (nSPS) is 11.4. The molecular formula is C19H25FN4O. The molecule has 0 saturated carbocycles. The fourth-order valence-corrected chi connectivity index (χ4v) is 2.22. The molecule has 2 rings (SSSR count). The lowest BCUT2D eigenvalue weighted by Gasteiger charge is -2.06. The molecule has 0 saturated heterocycles. The number of guanidine groups is 1. The van der Waals surface area contributed by atoms with Gasteiger partial charge in [0.05, 0.1) is 6.54 Å². The fraction of sp³-hybridized carbons (Fsp3) is 0.368. The highest BCUT2D eigenvalue weighted by molar-refractivity contribution is 5.77. The van der Waals surface area contributed by atoms with Crippen LogP contribution in [0.3, 0.4) is 0 Å². The monoisotopic (exact) mass is 344 g/mol. The molecule has 0 spiro atoms. The smallest absolute Gasteiger partial charge is 0.219 e. The maximum atomic E-state index is 13.1. The predicted molar refractivity (Wildman–Crippen MR) is 98.2 cm³/mol.